The van der Waals surface area contributed by atoms with Gasteiger partial charge in [0.2, 0.25) is 0 Å². The molecule has 102 valence electrons. The fourth-order valence-corrected chi connectivity index (χ4v) is 0.339. The van der Waals surface area contributed by atoms with Crippen LogP contribution in [0.15, 0.2) is 0 Å². The number of ether oxygens (including phenoxy) is 2. The third-order valence-electron chi connectivity index (χ3n) is 0.887. The molecule has 16 heteroatoms. The molecule has 0 bridgehead atoms. The second-order valence-electron chi connectivity index (χ2n) is 1.96. The molecule has 0 heterocycles. The van der Waals surface area contributed by atoms with Gasteiger partial charge in [0.1, 0.15) is 0 Å². The number of carbonyl (C=O) groups is 6. The van der Waals surface area contributed by atoms with Gasteiger partial charge < -0.3 is 19.7 Å². The summed E-state index contributed by atoms with van der Waals surface area (Å²) in [4.78, 5) is 61.1. The molecule has 0 aromatic rings. The zero-order chi connectivity index (χ0) is 12.9. The summed E-state index contributed by atoms with van der Waals surface area (Å²) < 4.78 is 6.71. The van der Waals surface area contributed by atoms with Crippen LogP contribution in [0.25, 0.3) is 0 Å². The molecule has 22 heavy (non-hydrogen) atoms. The number of rotatable bonds is 0. The zero-order valence-electron chi connectivity index (χ0n) is 8.16. The Morgan fingerprint density at radius 1 is 0.545 bits per heavy atom. The minimum absolute atomic E-state index is 0. The van der Waals surface area contributed by atoms with Gasteiger partial charge in [-0.25, -0.2) is 28.8 Å². The normalized spacial score (nSPS) is 6.36. The van der Waals surface area contributed by atoms with E-state index in [1.807, 2.05) is 0 Å². The van der Waals surface area contributed by atoms with E-state index in [-0.39, 0.29) is 205 Å². The Labute approximate surface area is 282 Å². The van der Waals surface area contributed by atoms with E-state index in [9.17, 15) is 28.8 Å². The molecule has 0 aromatic heterocycles. The first-order valence-electron chi connectivity index (χ1n) is 3.24. The van der Waals surface area contributed by atoms with Gasteiger partial charge >= 0.3 is 198 Å². The second-order valence-corrected chi connectivity index (χ2v) is 1.96. The van der Waals surface area contributed by atoms with Crippen LogP contribution < -0.4 is 0 Å². The number of carbonyl (C=O) groups excluding carboxylic acids is 4. The predicted molar refractivity (Wildman–Crippen MR) is 66.1 cm³/mol. The van der Waals surface area contributed by atoms with Crippen LogP contribution in [0.2, 0.25) is 0 Å². The van der Waals surface area contributed by atoms with Crippen molar-refractivity contribution < 1.29 is 91.9 Å². The van der Waals surface area contributed by atoms with Gasteiger partial charge in [0, 0.05) is 43.4 Å². The predicted octanol–water partition coefficient (Wildman–Crippen LogP) is -5.30. The Balaban J connectivity index is -0.0000000750. The van der Waals surface area contributed by atoms with E-state index in [1.165, 1.54) is 0 Å². The van der Waals surface area contributed by atoms with Crippen molar-refractivity contribution in [2.45, 2.75) is 0 Å². The van der Waals surface area contributed by atoms with Crippen molar-refractivity contribution in [3.05, 3.63) is 0 Å². The number of aliphatic carboxylic acids is 2. The Kier molecular flexibility index (Phi) is 50.9. The van der Waals surface area contributed by atoms with Crippen LogP contribution in [0.3, 0.4) is 0 Å². The van der Waals surface area contributed by atoms with E-state index >= 15 is 0 Å². The Morgan fingerprint density at radius 2 is 0.727 bits per heavy atom. The molecule has 0 saturated carbocycles. The summed E-state index contributed by atoms with van der Waals surface area (Å²) in [6.07, 6.45) is 0. The molecule has 10 nitrogen and oxygen atoms in total. The number of hydrogen-bond donors (Lipinski definition) is 2. The topological polar surface area (TPSA) is 161 Å². The smallest absolute Gasteiger partial charge is 0 e. The minimum atomic E-state index is -2.16. The summed E-state index contributed by atoms with van der Waals surface area (Å²) >= 11 is 0. The van der Waals surface area contributed by atoms with Crippen molar-refractivity contribution in [3.63, 3.8) is 0 Å². The molecule has 0 rings (SSSR count). The molecule has 0 aromatic carbocycles. The first kappa shape index (κ1) is 45.0. The Morgan fingerprint density at radius 3 is 0.864 bits per heavy atom. The summed E-state index contributed by atoms with van der Waals surface area (Å²) in [6, 6.07) is 0. The molecule has 0 aliphatic carbocycles. The zero-order valence-corrected chi connectivity index (χ0v) is 11.3. The van der Waals surface area contributed by atoms with Crippen molar-refractivity contribution >= 4 is 198 Å². The molecule has 0 amide bonds. The molecule has 0 atom stereocenters. The van der Waals surface area contributed by atoms with Gasteiger partial charge in [0.15, 0.2) is 0 Å². The molecule has 0 saturated heterocycles. The van der Waals surface area contributed by atoms with Crippen molar-refractivity contribution in [1.82, 2.24) is 0 Å². The van der Waals surface area contributed by atoms with Crippen LogP contribution in [0, 0.1) is 0 Å². The third kappa shape index (κ3) is 22.0. The number of hydrogen-bond acceptors (Lipinski definition) is 8. The monoisotopic (exact) mass is 458 g/mol. The summed E-state index contributed by atoms with van der Waals surface area (Å²) in [7, 11) is 0. The average molecular weight is 458 g/mol. The fourth-order valence-electron chi connectivity index (χ4n) is 0.339. The van der Waals surface area contributed by atoms with E-state index in [1.54, 1.807) is 0 Å². The third-order valence-corrected chi connectivity index (χ3v) is 0.887. The number of carboxylic acids is 2. The van der Waals surface area contributed by atoms with Gasteiger partial charge in [0.25, 0.3) is 0 Å². The van der Waals surface area contributed by atoms with Crippen LogP contribution in [0.4, 0.5) is 0 Å². The maximum absolute atomic E-state index is 10.5. The molecule has 0 spiro atoms. The van der Waals surface area contributed by atoms with Gasteiger partial charge in [-0.05, 0) is 0 Å². The van der Waals surface area contributed by atoms with E-state index in [4.69, 9.17) is 10.2 Å². The van der Waals surface area contributed by atoms with E-state index in [0.29, 0.717) is 0 Å². The maximum atomic E-state index is 10.5. The Bertz CT molecular complexity index is 380. The van der Waals surface area contributed by atoms with E-state index in [2.05, 4.69) is 9.47 Å². The first-order valence-corrected chi connectivity index (χ1v) is 3.24. The summed E-state index contributed by atoms with van der Waals surface area (Å²) in [5, 5.41) is 15.9. The van der Waals surface area contributed by atoms with Crippen LogP contribution in [0.5, 0.6) is 0 Å². The molecule has 0 radical (unpaired) electrons. The quantitative estimate of drug-likeness (QED) is 0.155. The van der Waals surface area contributed by atoms with Crippen LogP contribution in [0.1, 0.15) is 0 Å². The van der Waals surface area contributed by atoms with E-state index in [0.717, 1.165) is 0 Å². The van der Waals surface area contributed by atoms with Crippen LogP contribution in [-0.4, -0.2) is 208 Å². The van der Waals surface area contributed by atoms with Crippen molar-refractivity contribution in [2.75, 3.05) is 0 Å². The van der Waals surface area contributed by atoms with Gasteiger partial charge in [0.05, 0.1) is 0 Å². The van der Waals surface area contributed by atoms with Crippen molar-refractivity contribution in [2.24, 2.45) is 0 Å². The molecule has 0 unspecified atom stereocenters. The molecular weight excluding hydrogens is 452 g/mol. The summed E-state index contributed by atoms with van der Waals surface area (Å²) in [5.41, 5.74) is 0. The van der Waals surface area contributed by atoms with E-state index < -0.39 is 35.8 Å². The average Bonchev–Trinajstić information content (AvgIpc) is 2.16. The van der Waals surface area contributed by atoms with Gasteiger partial charge in [-0.3, -0.25) is 0 Å². The van der Waals surface area contributed by atoms with Gasteiger partial charge in [-0.1, -0.05) is 0 Å². The maximum Gasteiger partial charge on any atom is 0 e. The largest absolute Gasteiger partial charge is 0 e. The summed E-state index contributed by atoms with van der Waals surface area (Å²) in [5.74, 6) is -12.7. The van der Waals surface area contributed by atoms with Crippen molar-refractivity contribution in [1.29, 1.82) is 0 Å². The van der Waals surface area contributed by atoms with Crippen LogP contribution >= 0.6 is 0 Å². The van der Waals surface area contributed by atoms with Gasteiger partial charge in [-0.2, -0.15) is 0 Å². The minimum Gasteiger partial charge on any atom is 0 e. The SMILES string of the molecule is O=C(O)C(=O)OC(=O)C(=O)OC(=O)C(=O)O.[KH].[KH].[NaH].[NaH].[Ti].[Ti]. The molecule has 0 aliphatic rings. The standard InChI is InChI=1S/C6H2O10.2K.2Na.2Ti.4H/c7-1(8)3(11)15-5(13)6(14)16-4(12)2(9)10;;;;;;;;;;/h(H,7,8)(H,9,10);;;;;;;;;;. The van der Waals surface area contributed by atoms with Gasteiger partial charge in [-0.15, -0.1) is 0 Å². The van der Waals surface area contributed by atoms with Crippen molar-refractivity contribution in [3.8, 4) is 0 Å². The van der Waals surface area contributed by atoms with Crippen LogP contribution in [-0.2, 0) is 81.7 Å². The molecule has 2 N–H and O–H groups in total. The molecule has 0 fully saturated rings. The first-order chi connectivity index (χ1) is 7.25. The molecular formula is C6H6K2Na2O10Ti2. The molecule has 0 aliphatic heterocycles. The fraction of sp³-hybridized carbons (Fsp3) is 0. The number of carboxylic acid groups (broad SMARTS) is 2. The Hall–Kier alpha value is 3.92. The second kappa shape index (κ2) is 24.9. The number of esters is 4. The summed E-state index contributed by atoms with van der Waals surface area (Å²) in [6.45, 7) is 0.